The third-order valence-electron chi connectivity index (χ3n) is 5.84. The molecule has 3 atom stereocenters. The lowest BCUT2D eigenvalue weighted by Crippen LogP contribution is -2.58. The molecule has 22 heavy (non-hydrogen) atoms. The maximum Gasteiger partial charge on any atom is 0.239 e. The lowest BCUT2D eigenvalue weighted by atomic mass is 9.90. The van der Waals surface area contributed by atoms with Crippen LogP contribution in [0.5, 0.6) is 0 Å². The summed E-state index contributed by atoms with van der Waals surface area (Å²) in [6.07, 6.45) is 4.01. The van der Waals surface area contributed by atoms with Gasteiger partial charge >= 0.3 is 0 Å². The van der Waals surface area contributed by atoms with E-state index >= 15 is 0 Å². The summed E-state index contributed by atoms with van der Waals surface area (Å²) in [4.78, 5) is 16.3. The second-order valence-electron chi connectivity index (χ2n) is 7.26. The number of aliphatic hydroxyl groups is 2. The Hall–Kier alpha value is -0.690. The molecule has 3 unspecified atom stereocenters. The molecule has 126 valence electrons. The highest BCUT2D eigenvalue weighted by molar-refractivity contribution is 5.82. The van der Waals surface area contributed by atoms with E-state index in [4.69, 9.17) is 0 Å². The van der Waals surface area contributed by atoms with E-state index in [1.807, 2.05) is 11.8 Å². The highest BCUT2D eigenvalue weighted by Crippen LogP contribution is 2.53. The van der Waals surface area contributed by atoms with E-state index in [9.17, 15) is 15.0 Å². The molecule has 1 spiro atoms. The summed E-state index contributed by atoms with van der Waals surface area (Å²) in [7, 11) is 0. The Kier molecular flexibility index (Phi) is 4.73. The van der Waals surface area contributed by atoms with Gasteiger partial charge in [0.05, 0.1) is 24.8 Å². The van der Waals surface area contributed by atoms with Crippen LogP contribution in [0.1, 0.15) is 32.6 Å². The van der Waals surface area contributed by atoms with E-state index < -0.39 is 0 Å². The molecule has 3 fully saturated rings. The molecule has 0 aromatic carbocycles. The van der Waals surface area contributed by atoms with Crippen molar-refractivity contribution in [2.24, 2.45) is 5.41 Å². The number of likely N-dealkylation sites (tertiary alicyclic amines) is 1. The number of aliphatic hydroxyl groups excluding tert-OH is 2. The quantitative estimate of drug-likeness (QED) is 0.632. The lowest BCUT2D eigenvalue weighted by Gasteiger charge is -2.40. The van der Waals surface area contributed by atoms with Gasteiger partial charge in [0.25, 0.3) is 0 Å². The molecular weight excluding hydrogens is 282 g/mol. The van der Waals surface area contributed by atoms with Crippen molar-refractivity contribution in [2.45, 2.75) is 50.8 Å². The van der Waals surface area contributed by atoms with Gasteiger partial charge in [-0.2, -0.15) is 0 Å². The molecule has 3 N–H and O–H groups in total. The zero-order chi connectivity index (χ0) is 15.7. The molecule has 0 aromatic heterocycles. The molecule has 2 aliphatic heterocycles. The first-order valence-corrected chi connectivity index (χ1v) is 8.61. The molecule has 2 saturated heterocycles. The SMILES string of the molecule is CC1NCCN(C(CO)CCN2CCC3(CC3)C(O)C2)C1=O. The van der Waals surface area contributed by atoms with E-state index in [-0.39, 0.29) is 36.1 Å². The zero-order valence-corrected chi connectivity index (χ0v) is 13.5. The van der Waals surface area contributed by atoms with Crippen molar-refractivity contribution in [1.82, 2.24) is 15.1 Å². The third kappa shape index (κ3) is 3.15. The van der Waals surface area contributed by atoms with Crippen molar-refractivity contribution in [3.63, 3.8) is 0 Å². The molecule has 2 heterocycles. The Labute approximate surface area is 132 Å². The zero-order valence-electron chi connectivity index (χ0n) is 13.5. The predicted molar refractivity (Wildman–Crippen MR) is 83.4 cm³/mol. The topological polar surface area (TPSA) is 76.0 Å². The molecule has 1 aliphatic carbocycles. The van der Waals surface area contributed by atoms with Crippen LogP contribution in [-0.4, -0.2) is 83.4 Å². The van der Waals surface area contributed by atoms with Gasteiger partial charge in [-0.3, -0.25) is 4.79 Å². The van der Waals surface area contributed by atoms with Gasteiger partial charge in [-0.1, -0.05) is 0 Å². The van der Waals surface area contributed by atoms with Crippen molar-refractivity contribution in [3.05, 3.63) is 0 Å². The van der Waals surface area contributed by atoms with E-state index in [1.54, 1.807) is 0 Å². The van der Waals surface area contributed by atoms with Crippen LogP contribution in [0.25, 0.3) is 0 Å². The van der Waals surface area contributed by atoms with Crippen molar-refractivity contribution < 1.29 is 15.0 Å². The van der Waals surface area contributed by atoms with Crippen LogP contribution < -0.4 is 5.32 Å². The molecular formula is C16H29N3O3. The van der Waals surface area contributed by atoms with Crippen LogP contribution in [0, 0.1) is 5.41 Å². The number of rotatable bonds is 5. The summed E-state index contributed by atoms with van der Waals surface area (Å²) in [5.74, 6) is 0.0842. The summed E-state index contributed by atoms with van der Waals surface area (Å²) in [5.41, 5.74) is 0.233. The summed E-state index contributed by atoms with van der Waals surface area (Å²) in [6, 6.07) is -0.264. The fraction of sp³-hybridized carbons (Fsp3) is 0.938. The van der Waals surface area contributed by atoms with Gasteiger partial charge in [0.2, 0.25) is 5.91 Å². The van der Waals surface area contributed by atoms with E-state index in [0.29, 0.717) is 6.54 Å². The number of amides is 1. The molecule has 3 aliphatic rings. The Morgan fingerprint density at radius 3 is 2.77 bits per heavy atom. The molecule has 0 radical (unpaired) electrons. The molecule has 6 heteroatoms. The lowest BCUT2D eigenvalue weighted by molar-refractivity contribution is -0.139. The fourth-order valence-corrected chi connectivity index (χ4v) is 3.91. The first-order valence-electron chi connectivity index (χ1n) is 8.61. The maximum absolute atomic E-state index is 12.2. The van der Waals surface area contributed by atoms with Gasteiger partial charge in [-0.15, -0.1) is 0 Å². The second kappa shape index (κ2) is 6.43. The molecule has 0 bridgehead atoms. The average molecular weight is 311 g/mol. The van der Waals surface area contributed by atoms with Crippen molar-refractivity contribution in [3.8, 4) is 0 Å². The second-order valence-corrected chi connectivity index (χ2v) is 7.26. The fourth-order valence-electron chi connectivity index (χ4n) is 3.91. The molecule has 3 rings (SSSR count). The van der Waals surface area contributed by atoms with E-state index in [2.05, 4.69) is 10.2 Å². The maximum atomic E-state index is 12.2. The average Bonchev–Trinajstić information content (AvgIpc) is 3.29. The summed E-state index contributed by atoms with van der Waals surface area (Å²) in [5, 5.41) is 23.1. The highest BCUT2D eigenvalue weighted by Gasteiger charge is 2.51. The minimum atomic E-state index is -0.199. The molecule has 1 saturated carbocycles. The van der Waals surface area contributed by atoms with E-state index in [0.717, 1.165) is 39.0 Å². The van der Waals surface area contributed by atoms with Gasteiger partial charge in [0.1, 0.15) is 0 Å². The summed E-state index contributed by atoms with van der Waals surface area (Å²) < 4.78 is 0. The van der Waals surface area contributed by atoms with E-state index in [1.165, 1.54) is 12.8 Å². The van der Waals surface area contributed by atoms with Gasteiger partial charge in [0.15, 0.2) is 0 Å². The van der Waals surface area contributed by atoms with Crippen LogP contribution in [0.4, 0.5) is 0 Å². The number of piperazine rings is 1. The van der Waals surface area contributed by atoms with Gasteiger partial charge in [0, 0.05) is 26.2 Å². The standard InChI is InChI=1S/C16H29N3O3/c1-12-15(22)19(9-6-17-12)13(11-20)2-7-18-8-5-16(3-4-16)14(21)10-18/h12-14,17,20-21H,2-11H2,1H3. The molecule has 1 amide bonds. The number of β-amino-alcohol motifs (C(OH)–C–C–N with tert-alkyl or cyclic N) is 1. The first-order chi connectivity index (χ1) is 10.6. The Balaban J connectivity index is 1.49. The van der Waals surface area contributed by atoms with Crippen LogP contribution in [0.3, 0.4) is 0 Å². The van der Waals surface area contributed by atoms with Crippen LogP contribution in [-0.2, 0) is 4.79 Å². The highest BCUT2D eigenvalue weighted by atomic mass is 16.3. The number of carbonyl (C=O) groups is 1. The minimum absolute atomic E-state index is 0.0127. The number of nitrogens with zero attached hydrogens (tertiary/aromatic N) is 2. The number of piperidine rings is 1. The Morgan fingerprint density at radius 1 is 1.36 bits per heavy atom. The largest absolute Gasteiger partial charge is 0.394 e. The third-order valence-corrected chi connectivity index (χ3v) is 5.84. The summed E-state index contributed by atoms with van der Waals surface area (Å²) >= 11 is 0. The van der Waals surface area contributed by atoms with Crippen molar-refractivity contribution >= 4 is 5.91 Å². The van der Waals surface area contributed by atoms with Gasteiger partial charge in [-0.25, -0.2) is 0 Å². The predicted octanol–water partition coefficient (Wildman–Crippen LogP) is -0.595. The monoisotopic (exact) mass is 311 g/mol. The number of carbonyl (C=O) groups excluding carboxylic acids is 1. The van der Waals surface area contributed by atoms with Crippen LogP contribution >= 0.6 is 0 Å². The van der Waals surface area contributed by atoms with Crippen molar-refractivity contribution in [2.75, 3.05) is 39.3 Å². The number of nitrogens with one attached hydrogen (secondary N) is 1. The summed E-state index contributed by atoms with van der Waals surface area (Å²) in [6.45, 7) is 5.95. The Bertz CT molecular complexity index is 413. The Morgan fingerprint density at radius 2 is 2.14 bits per heavy atom. The van der Waals surface area contributed by atoms with Crippen molar-refractivity contribution in [1.29, 1.82) is 0 Å². The van der Waals surface area contributed by atoms with Gasteiger partial charge in [-0.05, 0) is 44.6 Å². The molecule has 0 aromatic rings. The normalized spacial score (nSPS) is 33.2. The minimum Gasteiger partial charge on any atom is -0.394 e. The van der Waals surface area contributed by atoms with Crippen LogP contribution in [0.15, 0.2) is 0 Å². The van der Waals surface area contributed by atoms with Gasteiger partial charge < -0.3 is 25.3 Å². The number of hydrogen-bond acceptors (Lipinski definition) is 5. The number of hydrogen-bond donors (Lipinski definition) is 3. The smallest absolute Gasteiger partial charge is 0.239 e. The molecule has 6 nitrogen and oxygen atoms in total. The first kappa shape index (κ1) is 16.2. The van der Waals surface area contributed by atoms with Crippen LogP contribution in [0.2, 0.25) is 0 Å².